The van der Waals surface area contributed by atoms with Gasteiger partial charge in [0.1, 0.15) is 11.6 Å². The molecule has 1 N–H and O–H groups in total. The van der Waals surface area contributed by atoms with E-state index in [-0.39, 0.29) is 17.1 Å². The molecule has 8 heteroatoms. The van der Waals surface area contributed by atoms with Crippen LogP contribution < -0.4 is 10.2 Å². The highest BCUT2D eigenvalue weighted by molar-refractivity contribution is 5.64. The molecule has 1 saturated heterocycles. The third-order valence-corrected chi connectivity index (χ3v) is 5.57. The molecule has 1 aromatic carbocycles. The van der Waals surface area contributed by atoms with Crippen LogP contribution in [0.3, 0.4) is 0 Å². The van der Waals surface area contributed by atoms with Gasteiger partial charge in [-0.15, -0.1) is 0 Å². The summed E-state index contributed by atoms with van der Waals surface area (Å²) in [5.41, 5.74) is 1.93. The molecule has 1 saturated carbocycles. The van der Waals surface area contributed by atoms with E-state index in [4.69, 9.17) is 5.26 Å². The number of nitrogens with one attached hydrogen (secondary N) is 1. The predicted molar refractivity (Wildman–Crippen MR) is 111 cm³/mol. The summed E-state index contributed by atoms with van der Waals surface area (Å²) in [5, 5.41) is 23.3. The lowest BCUT2D eigenvalue weighted by atomic mass is 10.1. The summed E-state index contributed by atoms with van der Waals surface area (Å²) in [6.45, 7) is 5.97. The van der Waals surface area contributed by atoms with Gasteiger partial charge in [0.25, 0.3) is 0 Å². The number of hydrogen-bond acceptors (Lipinski definition) is 7. The fourth-order valence-electron chi connectivity index (χ4n) is 3.72. The zero-order valence-electron chi connectivity index (χ0n) is 16.3. The second-order valence-corrected chi connectivity index (χ2v) is 7.68. The van der Waals surface area contributed by atoms with Crippen molar-refractivity contribution in [1.82, 2.24) is 9.88 Å². The van der Waals surface area contributed by atoms with Gasteiger partial charge in [0, 0.05) is 51.2 Å². The molecule has 0 radical (unpaired) electrons. The van der Waals surface area contributed by atoms with Crippen LogP contribution in [0.25, 0.3) is 0 Å². The number of nitriles is 1. The number of hydrogen-bond donors (Lipinski definition) is 1. The van der Waals surface area contributed by atoms with Gasteiger partial charge in [-0.1, -0.05) is 12.1 Å². The van der Waals surface area contributed by atoms with Crippen molar-refractivity contribution in [3.8, 4) is 6.07 Å². The Morgan fingerprint density at radius 3 is 2.52 bits per heavy atom. The largest absolute Gasteiger partial charge is 0.369 e. The third kappa shape index (κ3) is 4.63. The molecule has 1 aliphatic carbocycles. The molecule has 4 rings (SSSR count). The highest BCUT2D eigenvalue weighted by Gasteiger charge is 2.26. The van der Waals surface area contributed by atoms with Crippen molar-refractivity contribution in [1.29, 1.82) is 5.26 Å². The van der Waals surface area contributed by atoms with Gasteiger partial charge in [0.2, 0.25) is 5.82 Å². The van der Waals surface area contributed by atoms with E-state index in [0.717, 1.165) is 37.7 Å². The molecule has 2 heterocycles. The molecular formula is C21H24N6O2. The van der Waals surface area contributed by atoms with Gasteiger partial charge in [-0.3, -0.25) is 15.0 Å². The van der Waals surface area contributed by atoms with E-state index in [1.807, 2.05) is 18.2 Å². The molecule has 1 aliphatic heterocycles. The van der Waals surface area contributed by atoms with Crippen molar-refractivity contribution in [2.45, 2.75) is 19.4 Å². The zero-order valence-corrected chi connectivity index (χ0v) is 16.3. The van der Waals surface area contributed by atoms with E-state index < -0.39 is 4.92 Å². The minimum atomic E-state index is -0.570. The summed E-state index contributed by atoms with van der Waals surface area (Å²) in [4.78, 5) is 19.7. The number of benzene rings is 1. The topological polar surface area (TPSA) is 98.3 Å². The number of pyridine rings is 1. The van der Waals surface area contributed by atoms with Crippen molar-refractivity contribution in [2.75, 3.05) is 42.9 Å². The Hall–Kier alpha value is -3.18. The summed E-state index contributed by atoms with van der Waals surface area (Å²) >= 11 is 0. The third-order valence-electron chi connectivity index (χ3n) is 5.57. The molecule has 2 aromatic rings. The second kappa shape index (κ2) is 8.45. The first-order valence-corrected chi connectivity index (χ1v) is 9.97. The Morgan fingerprint density at radius 1 is 1.17 bits per heavy atom. The number of nitrogens with zero attached hydrogens (tertiary/aromatic N) is 5. The monoisotopic (exact) mass is 392 g/mol. The van der Waals surface area contributed by atoms with Gasteiger partial charge in [-0.05, 0) is 42.5 Å². The van der Waals surface area contributed by atoms with Crippen LogP contribution in [-0.4, -0.2) is 47.5 Å². The van der Waals surface area contributed by atoms with Gasteiger partial charge < -0.3 is 10.2 Å². The van der Waals surface area contributed by atoms with Crippen LogP contribution in [0.2, 0.25) is 0 Å². The maximum atomic E-state index is 11.3. The zero-order chi connectivity index (χ0) is 20.2. The van der Waals surface area contributed by atoms with Gasteiger partial charge in [0.05, 0.1) is 4.92 Å². The van der Waals surface area contributed by atoms with Crippen molar-refractivity contribution in [2.24, 2.45) is 5.92 Å². The Labute approximate surface area is 169 Å². The van der Waals surface area contributed by atoms with Crippen LogP contribution in [-0.2, 0) is 6.54 Å². The molecule has 0 bridgehead atoms. The van der Waals surface area contributed by atoms with Gasteiger partial charge >= 0.3 is 5.69 Å². The van der Waals surface area contributed by atoms with Crippen LogP contribution in [0.1, 0.15) is 24.0 Å². The second-order valence-electron chi connectivity index (χ2n) is 7.68. The minimum Gasteiger partial charge on any atom is -0.369 e. The van der Waals surface area contributed by atoms with Crippen LogP contribution in [0.5, 0.6) is 0 Å². The van der Waals surface area contributed by atoms with Gasteiger partial charge in [-0.25, -0.2) is 4.98 Å². The van der Waals surface area contributed by atoms with Crippen molar-refractivity contribution in [3.63, 3.8) is 0 Å². The molecule has 2 aliphatic rings. The molecular weight excluding hydrogens is 368 g/mol. The van der Waals surface area contributed by atoms with Gasteiger partial charge in [0.15, 0.2) is 0 Å². The van der Waals surface area contributed by atoms with Crippen LogP contribution in [0.15, 0.2) is 36.5 Å². The van der Waals surface area contributed by atoms with Crippen molar-refractivity contribution in [3.05, 3.63) is 57.8 Å². The number of anilines is 2. The number of nitro groups is 1. The maximum absolute atomic E-state index is 11.3. The SMILES string of the molecule is N#Cc1ccnc(NCc2ccc(N3CCN(CC4CC4)CC3)cc2)c1[N+](=O)[O-]. The summed E-state index contributed by atoms with van der Waals surface area (Å²) in [6.07, 6.45) is 4.20. The summed E-state index contributed by atoms with van der Waals surface area (Å²) in [6, 6.07) is 11.4. The molecule has 2 fully saturated rings. The van der Waals surface area contributed by atoms with Crippen LogP contribution in [0.4, 0.5) is 17.2 Å². The highest BCUT2D eigenvalue weighted by atomic mass is 16.6. The minimum absolute atomic E-state index is 0.00340. The highest BCUT2D eigenvalue weighted by Crippen LogP contribution is 2.30. The first-order valence-electron chi connectivity index (χ1n) is 9.97. The first-order chi connectivity index (χ1) is 14.1. The molecule has 29 heavy (non-hydrogen) atoms. The normalized spacial score (nSPS) is 17.0. The Balaban J connectivity index is 1.35. The standard InChI is InChI=1S/C21H24N6O2/c22-13-18-7-8-23-21(20(18)27(28)29)24-14-16-3-5-19(6-4-16)26-11-9-25(10-12-26)15-17-1-2-17/h3-8,17H,1-2,9-12,14-15H2,(H,23,24). The van der Waals surface area contributed by atoms with E-state index in [1.54, 1.807) is 0 Å². The summed E-state index contributed by atoms with van der Waals surface area (Å²) in [7, 11) is 0. The van der Waals surface area contributed by atoms with E-state index in [0.29, 0.717) is 6.54 Å². The molecule has 150 valence electrons. The Morgan fingerprint density at radius 2 is 1.90 bits per heavy atom. The molecule has 0 amide bonds. The van der Waals surface area contributed by atoms with Crippen molar-refractivity contribution >= 4 is 17.2 Å². The van der Waals surface area contributed by atoms with Crippen LogP contribution in [0, 0.1) is 27.4 Å². The lowest BCUT2D eigenvalue weighted by Gasteiger charge is -2.36. The smallest absolute Gasteiger partial charge is 0.328 e. The quantitative estimate of drug-likeness (QED) is 0.571. The average molecular weight is 392 g/mol. The van der Waals surface area contributed by atoms with E-state index >= 15 is 0 Å². The Kier molecular flexibility index (Phi) is 5.58. The van der Waals surface area contributed by atoms with E-state index in [2.05, 4.69) is 32.2 Å². The lowest BCUT2D eigenvalue weighted by molar-refractivity contribution is -0.384. The number of aromatic nitrogens is 1. The van der Waals surface area contributed by atoms with Crippen LogP contribution >= 0.6 is 0 Å². The summed E-state index contributed by atoms with van der Waals surface area (Å²) < 4.78 is 0. The van der Waals surface area contributed by atoms with E-state index in [9.17, 15) is 10.1 Å². The first kappa shape index (κ1) is 19.2. The van der Waals surface area contributed by atoms with Crippen molar-refractivity contribution < 1.29 is 4.92 Å². The molecule has 0 atom stereocenters. The predicted octanol–water partition coefficient (Wildman–Crippen LogP) is 3.01. The fraction of sp³-hybridized carbons (Fsp3) is 0.429. The van der Waals surface area contributed by atoms with E-state index in [1.165, 1.54) is 37.3 Å². The maximum Gasteiger partial charge on any atom is 0.328 e. The Bertz CT molecular complexity index is 912. The molecule has 1 aromatic heterocycles. The fourth-order valence-corrected chi connectivity index (χ4v) is 3.72. The average Bonchev–Trinajstić information content (AvgIpc) is 3.56. The summed E-state index contributed by atoms with van der Waals surface area (Å²) in [5.74, 6) is 1.05. The molecule has 8 nitrogen and oxygen atoms in total. The number of piperazine rings is 1. The molecule has 0 unspecified atom stereocenters. The lowest BCUT2D eigenvalue weighted by Crippen LogP contribution is -2.47. The number of rotatable bonds is 7. The molecule has 0 spiro atoms. The van der Waals surface area contributed by atoms with Gasteiger partial charge in [-0.2, -0.15) is 5.26 Å².